The Morgan fingerprint density at radius 1 is 1.37 bits per heavy atom. The molecule has 5 heteroatoms. The summed E-state index contributed by atoms with van der Waals surface area (Å²) in [6, 6.07) is 4.02. The van der Waals surface area contributed by atoms with Crippen LogP contribution in [0.4, 0.5) is 0 Å². The van der Waals surface area contributed by atoms with Crippen molar-refractivity contribution in [2.75, 3.05) is 0 Å². The molecule has 2 rings (SSSR count). The normalized spacial score (nSPS) is 12.1. The average Bonchev–Trinajstić information content (AvgIpc) is 2.85. The van der Waals surface area contributed by atoms with Crippen molar-refractivity contribution in [2.45, 2.75) is 46.3 Å². The van der Waals surface area contributed by atoms with Gasteiger partial charge in [-0.1, -0.05) is 11.6 Å². The van der Waals surface area contributed by atoms with E-state index >= 15 is 0 Å². The Hall–Kier alpha value is -0.840. The van der Waals surface area contributed by atoms with Crippen molar-refractivity contribution in [3.63, 3.8) is 0 Å². The van der Waals surface area contributed by atoms with Crippen LogP contribution in [0.5, 0.6) is 0 Å². The number of hydrogen-bond donors (Lipinski definition) is 1. The quantitative estimate of drug-likeness (QED) is 0.929. The van der Waals surface area contributed by atoms with Gasteiger partial charge in [-0.2, -0.15) is 0 Å². The Morgan fingerprint density at radius 2 is 2.11 bits per heavy atom. The second kappa shape index (κ2) is 5.65. The Balaban J connectivity index is 2.13. The number of aryl methyl sites for hydroxylation is 1. The molecule has 3 nitrogen and oxygen atoms in total. The highest BCUT2D eigenvalue weighted by Gasteiger charge is 2.13. The Kier molecular flexibility index (Phi) is 4.33. The maximum Gasteiger partial charge on any atom is 0.106 e. The number of hydrogen-bond acceptors (Lipinski definition) is 3. The molecule has 0 bridgehead atoms. The number of halogens is 1. The zero-order valence-electron chi connectivity index (χ0n) is 11.8. The third-order valence-corrected chi connectivity index (χ3v) is 4.10. The van der Waals surface area contributed by atoms with Gasteiger partial charge in [-0.15, -0.1) is 11.3 Å². The first-order valence-electron chi connectivity index (χ1n) is 6.35. The van der Waals surface area contributed by atoms with Crippen molar-refractivity contribution in [3.05, 3.63) is 39.1 Å². The zero-order chi connectivity index (χ0) is 14.0. The summed E-state index contributed by atoms with van der Waals surface area (Å²) in [4.78, 5) is 5.67. The lowest BCUT2D eigenvalue weighted by molar-refractivity contribution is 0.416. The summed E-state index contributed by atoms with van der Waals surface area (Å²) < 4.78 is 3.07. The van der Waals surface area contributed by atoms with Gasteiger partial charge in [0.1, 0.15) is 5.82 Å². The van der Waals surface area contributed by atoms with E-state index in [1.54, 1.807) is 11.3 Å². The van der Waals surface area contributed by atoms with Crippen LogP contribution >= 0.6 is 22.9 Å². The molecule has 0 unspecified atom stereocenters. The molecular weight excluding hydrogens is 278 g/mol. The summed E-state index contributed by atoms with van der Waals surface area (Å²) in [6.45, 7) is 10.2. The molecule has 2 aromatic heterocycles. The van der Waals surface area contributed by atoms with Crippen LogP contribution in [-0.4, -0.2) is 15.1 Å². The van der Waals surface area contributed by atoms with E-state index in [0.29, 0.717) is 0 Å². The average molecular weight is 298 g/mol. The van der Waals surface area contributed by atoms with Gasteiger partial charge in [-0.05, 0) is 39.8 Å². The molecule has 0 amide bonds. The topological polar surface area (TPSA) is 29.9 Å². The fraction of sp³-hybridized carbons (Fsp3) is 0.500. The molecular formula is C14H20ClN3S. The summed E-state index contributed by atoms with van der Waals surface area (Å²) in [5.41, 5.74) is 1.31. The second-order valence-electron chi connectivity index (χ2n) is 5.69. The predicted octanol–water partition coefficient (Wildman–Crippen LogP) is 3.84. The largest absolute Gasteiger partial charge is 0.326 e. The monoisotopic (exact) mass is 297 g/mol. The predicted molar refractivity (Wildman–Crippen MR) is 82.0 cm³/mol. The minimum absolute atomic E-state index is 0.106. The number of rotatable bonds is 4. The number of nitrogens with zero attached hydrogens (tertiary/aromatic N) is 2. The highest BCUT2D eigenvalue weighted by molar-refractivity contribution is 7.16. The van der Waals surface area contributed by atoms with E-state index in [2.05, 4.69) is 41.7 Å². The molecule has 0 atom stereocenters. The van der Waals surface area contributed by atoms with Crippen LogP contribution in [0.3, 0.4) is 0 Å². The molecule has 1 N–H and O–H groups in total. The molecule has 2 heterocycles. The van der Waals surface area contributed by atoms with E-state index in [0.717, 1.165) is 23.3 Å². The molecule has 0 saturated carbocycles. The van der Waals surface area contributed by atoms with E-state index < -0.39 is 0 Å². The minimum Gasteiger partial charge on any atom is -0.326 e. The summed E-state index contributed by atoms with van der Waals surface area (Å²) in [7, 11) is 0. The van der Waals surface area contributed by atoms with Crippen molar-refractivity contribution >= 4 is 22.9 Å². The summed E-state index contributed by atoms with van der Waals surface area (Å²) in [5, 5.41) is 3.50. The molecule has 0 spiro atoms. The van der Waals surface area contributed by atoms with Gasteiger partial charge in [0.2, 0.25) is 0 Å². The molecule has 0 aliphatic carbocycles. The third kappa shape index (κ3) is 4.06. The fourth-order valence-corrected chi connectivity index (χ4v) is 2.90. The van der Waals surface area contributed by atoms with Gasteiger partial charge in [0.15, 0.2) is 0 Å². The molecule has 0 radical (unpaired) electrons. The molecule has 0 fully saturated rings. The first kappa shape index (κ1) is 14.6. The maximum absolute atomic E-state index is 5.98. The summed E-state index contributed by atoms with van der Waals surface area (Å²) in [5.74, 6) is 1.04. The lowest BCUT2D eigenvalue weighted by Gasteiger charge is -2.21. The summed E-state index contributed by atoms with van der Waals surface area (Å²) in [6.07, 6.45) is 1.95. The van der Waals surface area contributed by atoms with Crippen molar-refractivity contribution < 1.29 is 0 Å². The van der Waals surface area contributed by atoms with E-state index in [-0.39, 0.29) is 5.54 Å². The molecule has 0 aliphatic rings. The lowest BCUT2D eigenvalue weighted by atomic mass is 10.1. The molecule has 19 heavy (non-hydrogen) atoms. The van der Waals surface area contributed by atoms with Gasteiger partial charge < -0.3 is 9.88 Å². The van der Waals surface area contributed by atoms with Crippen LogP contribution in [0.2, 0.25) is 4.34 Å². The van der Waals surface area contributed by atoms with Crippen LogP contribution in [0.1, 0.15) is 37.2 Å². The van der Waals surface area contributed by atoms with Gasteiger partial charge in [-0.3, -0.25) is 0 Å². The first-order chi connectivity index (χ1) is 8.85. The van der Waals surface area contributed by atoms with E-state index in [1.807, 2.05) is 19.2 Å². The van der Waals surface area contributed by atoms with E-state index in [9.17, 15) is 0 Å². The van der Waals surface area contributed by atoms with Crippen molar-refractivity contribution in [2.24, 2.45) is 0 Å². The zero-order valence-corrected chi connectivity index (χ0v) is 13.4. The van der Waals surface area contributed by atoms with Crippen LogP contribution in [0, 0.1) is 6.92 Å². The Bertz CT molecular complexity index is 551. The highest BCUT2D eigenvalue weighted by atomic mass is 35.5. The number of thiophene rings is 1. The molecule has 2 aromatic rings. The lowest BCUT2D eigenvalue weighted by Crippen LogP contribution is -2.35. The van der Waals surface area contributed by atoms with Crippen LogP contribution in [-0.2, 0) is 13.1 Å². The minimum atomic E-state index is 0.106. The second-order valence-corrected chi connectivity index (χ2v) is 7.49. The van der Waals surface area contributed by atoms with Gasteiger partial charge >= 0.3 is 0 Å². The van der Waals surface area contributed by atoms with Crippen molar-refractivity contribution in [1.82, 2.24) is 14.9 Å². The smallest absolute Gasteiger partial charge is 0.106 e. The SMILES string of the molecule is Cc1ncc(CNC(C)(C)C)n1Cc1ccc(Cl)s1. The third-order valence-electron chi connectivity index (χ3n) is 2.88. The van der Waals surface area contributed by atoms with Gasteiger partial charge in [0.05, 0.1) is 16.6 Å². The van der Waals surface area contributed by atoms with Crippen LogP contribution < -0.4 is 5.32 Å². The molecule has 0 saturated heterocycles. The van der Waals surface area contributed by atoms with Crippen LogP contribution in [0.15, 0.2) is 18.3 Å². The first-order valence-corrected chi connectivity index (χ1v) is 7.55. The standard InChI is InChI=1S/C14H20ClN3S/c1-10-16-7-11(8-17-14(2,3)4)18(10)9-12-5-6-13(15)19-12/h5-7,17H,8-9H2,1-4H3. The molecule has 0 aromatic carbocycles. The van der Waals surface area contributed by atoms with E-state index in [4.69, 9.17) is 11.6 Å². The van der Waals surface area contributed by atoms with Crippen LogP contribution in [0.25, 0.3) is 0 Å². The number of imidazole rings is 1. The maximum atomic E-state index is 5.98. The van der Waals surface area contributed by atoms with E-state index in [1.165, 1.54) is 10.6 Å². The Labute approximate surface area is 123 Å². The fourth-order valence-electron chi connectivity index (χ4n) is 1.82. The van der Waals surface area contributed by atoms with Gasteiger partial charge in [0, 0.05) is 23.2 Å². The molecule has 0 aliphatic heterocycles. The Morgan fingerprint density at radius 3 is 2.68 bits per heavy atom. The van der Waals surface area contributed by atoms with Gasteiger partial charge in [0.25, 0.3) is 0 Å². The summed E-state index contributed by atoms with van der Waals surface area (Å²) >= 11 is 7.61. The number of nitrogens with one attached hydrogen (secondary N) is 1. The van der Waals surface area contributed by atoms with Crippen molar-refractivity contribution in [1.29, 1.82) is 0 Å². The number of aromatic nitrogens is 2. The van der Waals surface area contributed by atoms with Gasteiger partial charge in [-0.25, -0.2) is 4.98 Å². The molecule has 104 valence electrons. The highest BCUT2D eigenvalue weighted by Crippen LogP contribution is 2.23. The van der Waals surface area contributed by atoms with Crippen molar-refractivity contribution in [3.8, 4) is 0 Å².